The van der Waals surface area contributed by atoms with Gasteiger partial charge in [-0.05, 0) is 38.2 Å². The summed E-state index contributed by atoms with van der Waals surface area (Å²) >= 11 is 3.39. The Kier molecular flexibility index (Phi) is 5.69. The molecular weight excluding hydrogens is 254 g/mol. The molecule has 84 valence electrons. The molecule has 0 atom stereocenters. The van der Waals surface area contributed by atoms with Crippen molar-refractivity contribution in [3.8, 4) is 0 Å². The Morgan fingerprint density at radius 1 is 1.60 bits per heavy atom. The molecule has 0 N–H and O–H groups in total. The first kappa shape index (κ1) is 12.5. The number of carbonyl (C=O) groups is 1. The first-order valence-corrected chi connectivity index (χ1v) is 6.60. The zero-order valence-corrected chi connectivity index (χ0v) is 10.6. The van der Waals surface area contributed by atoms with Gasteiger partial charge in [-0.1, -0.05) is 28.6 Å². The van der Waals surface area contributed by atoms with Crippen molar-refractivity contribution in [2.24, 2.45) is 0 Å². The van der Waals surface area contributed by atoms with Crippen LogP contribution in [-0.4, -0.2) is 22.7 Å². The van der Waals surface area contributed by atoms with Crippen LogP contribution in [0.5, 0.6) is 0 Å². The van der Waals surface area contributed by atoms with Crippen LogP contribution >= 0.6 is 15.9 Å². The Labute approximate surface area is 100 Å². The topological polar surface area (TPSA) is 20.3 Å². The van der Waals surface area contributed by atoms with E-state index in [0.29, 0.717) is 0 Å². The lowest BCUT2D eigenvalue weighted by molar-refractivity contribution is -0.124. The molecule has 1 rings (SSSR count). The molecule has 0 radical (unpaired) electrons. The van der Waals surface area contributed by atoms with Gasteiger partial charge in [-0.2, -0.15) is 0 Å². The predicted molar refractivity (Wildman–Crippen MR) is 66.9 cm³/mol. The van der Waals surface area contributed by atoms with Crippen molar-refractivity contribution in [1.29, 1.82) is 0 Å². The number of halogens is 1. The van der Waals surface area contributed by atoms with Crippen LogP contribution in [0.4, 0.5) is 0 Å². The van der Waals surface area contributed by atoms with Gasteiger partial charge in [0.2, 0.25) is 5.91 Å². The average molecular weight is 272 g/mol. The lowest BCUT2D eigenvalue weighted by Crippen LogP contribution is -2.30. The molecule has 3 heteroatoms. The van der Waals surface area contributed by atoms with Crippen LogP contribution in [0.2, 0.25) is 0 Å². The van der Waals surface area contributed by atoms with E-state index >= 15 is 0 Å². The largest absolute Gasteiger partial charge is 0.313 e. The summed E-state index contributed by atoms with van der Waals surface area (Å²) in [6, 6.07) is 0. The van der Waals surface area contributed by atoms with Crippen molar-refractivity contribution in [3.05, 3.63) is 24.4 Å². The summed E-state index contributed by atoms with van der Waals surface area (Å²) in [7, 11) is 0. The minimum absolute atomic E-state index is 0.0316. The Hall–Kier alpha value is -0.570. The van der Waals surface area contributed by atoms with Gasteiger partial charge in [-0.25, -0.2) is 0 Å². The average Bonchev–Trinajstić information content (AvgIpc) is 2.30. The van der Waals surface area contributed by atoms with Gasteiger partial charge in [-0.15, -0.1) is 0 Å². The SMILES string of the molecule is C=CC(=O)N(CCCBr)C1=CCCCC1. The van der Waals surface area contributed by atoms with Crippen LogP contribution in [-0.2, 0) is 4.79 Å². The van der Waals surface area contributed by atoms with Crippen LogP contribution in [0.25, 0.3) is 0 Å². The van der Waals surface area contributed by atoms with Crippen molar-refractivity contribution in [3.63, 3.8) is 0 Å². The number of hydrogen-bond donors (Lipinski definition) is 0. The Morgan fingerprint density at radius 3 is 2.93 bits per heavy atom. The third kappa shape index (κ3) is 3.82. The second kappa shape index (κ2) is 6.83. The van der Waals surface area contributed by atoms with Gasteiger partial charge in [0.05, 0.1) is 0 Å². The lowest BCUT2D eigenvalue weighted by Gasteiger charge is -2.26. The second-order valence-corrected chi connectivity index (χ2v) is 4.47. The maximum atomic E-state index is 11.7. The minimum Gasteiger partial charge on any atom is -0.313 e. The molecule has 0 unspecified atom stereocenters. The van der Waals surface area contributed by atoms with Gasteiger partial charge in [0, 0.05) is 17.6 Å². The van der Waals surface area contributed by atoms with E-state index < -0.39 is 0 Å². The molecule has 0 saturated heterocycles. The highest BCUT2D eigenvalue weighted by Gasteiger charge is 2.16. The van der Waals surface area contributed by atoms with Crippen LogP contribution in [0.15, 0.2) is 24.4 Å². The highest BCUT2D eigenvalue weighted by molar-refractivity contribution is 9.09. The minimum atomic E-state index is 0.0316. The lowest BCUT2D eigenvalue weighted by atomic mass is 10.0. The summed E-state index contributed by atoms with van der Waals surface area (Å²) < 4.78 is 0. The van der Waals surface area contributed by atoms with Crippen LogP contribution < -0.4 is 0 Å². The molecule has 0 heterocycles. The summed E-state index contributed by atoms with van der Waals surface area (Å²) in [5.41, 5.74) is 1.19. The third-order valence-corrected chi connectivity index (χ3v) is 3.13. The molecule has 0 aromatic carbocycles. The summed E-state index contributed by atoms with van der Waals surface area (Å²) in [6.07, 6.45) is 9.16. The summed E-state index contributed by atoms with van der Waals surface area (Å²) in [5.74, 6) is 0.0316. The number of rotatable bonds is 5. The molecule has 0 fully saturated rings. The smallest absolute Gasteiger partial charge is 0.250 e. The van der Waals surface area contributed by atoms with E-state index in [1.807, 2.05) is 4.90 Å². The number of amides is 1. The van der Waals surface area contributed by atoms with Gasteiger partial charge >= 0.3 is 0 Å². The fourth-order valence-corrected chi connectivity index (χ4v) is 2.04. The zero-order chi connectivity index (χ0) is 11.1. The molecule has 0 aromatic rings. The molecule has 0 aromatic heterocycles. The summed E-state index contributed by atoms with van der Waals surface area (Å²) in [5, 5.41) is 0.932. The Balaban J connectivity index is 2.65. The van der Waals surface area contributed by atoms with Crippen molar-refractivity contribution in [1.82, 2.24) is 4.90 Å². The molecule has 2 nitrogen and oxygen atoms in total. The van der Waals surface area contributed by atoms with E-state index in [1.165, 1.54) is 24.6 Å². The first-order chi connectivity index (χ1) is 7.29. The molecular formula is C12H18BrNO. The second-order valence-electron chi connectivity index (χ2n) is 3.68. The molecule has 15 heavy (non-hydrogen) atoms. The van der Waals surface area contributed by atoms with E-state index in [2.05, 4.69) is 28.6 Å². The first-order valence-electron chi connectivity index (χ1n) is 5.48. The number of nitrogens with zero attached hydrogens (tertiary/aromatic N) is 1. The highest BCUT2D eigenvalue weighted by atomic mass is 79.9. The monoisotopic (exact) mass is 271 g/mol. The van der Waals surface area contributed by atoms with E-state index in [4.69, 9.17) is 0 Å². The fourth-order valence-electron chi connectivity index (χ4n) is 1.79. The number of allylic oxidation sites excluding steroid dienone is 2. The van der Waals surface area contributed by atoms with Crippen LogP contribution in [0, 0.1) is 0 Å². The van der Waals surface area contributed by atoms with Crippen molar-refractivity contribution in [2.75, 3.05) is 11.9 Å². The number of alkyl halides is 1. The van der Waals surface area contributed by atoms with E-state index in [1.54, 1.807) is 0 Å². The molecule has 0 aliphatic heterocycles. The van der Waals surface area contributed by atoms with Crippen LogP contribution in [0.1, 0.15) is 32.1 Å². The van der Waals surface area contributed by atoms with Crippen LogP contribution in [0.3, 0.4) is 0 Å². The van der Waals surface area contributed by atoms with Crippen molar-refractivity contribution < 1.29 is 4.79 Å². The normalized spacial score (nSPS) is 15.7. The number of hydrogen-bond acceptors (Lipinski definition) is 1. The predicted octanol–water partition coefficient (Wildman–Crippen LogP) is 3.24. The molecule has 0 saturated carbocycles. The highest BCUT2D eigenvalue weighted by Crippen LogP contribution is 2.21. The zero-order valence-electron chi connectivity index (χ0n) is 9.04. The van der Waals surface area contributed by atoms with Gasteiger partial charge in [0.1, 0.15) is 0 Å². The van der Waals surface area contributed by atoms with Gasteiger partial charge in [-0.3, -0.25) is 4.79 Å². The summed E-state index contributed by atoms with van der Waals surface area (Å²) in [6.45, 7) is 4.35. The molecule has 1 aliphatic rings. The molecule has 0 bridgehead atoms. The summed E-state index contributed by atoms with van der Waals surface area (Å²) in [4.78, 5) is 13.5. The standard InChI is InChI=1S/C12H18BrNO/c1-2-12(15)14(10-6-9-13)11-7-4-3-5-8-11/h2,7H,1,3-6,8-10H2. The molecule has 1 amide bonds. The third-order valence-electron chi connectivity index (χ3n) is 2.57. The molecule has 0 spiro atoms. The van der Waals surface area contributed by atoms with E-state index in [9.17, 15) is 4.79 Å². The van der Waals surface area contributed by atoms with Gasteiger partial charge < -0.3 is 4.90 Å². The quantitative estimate of drug-likeness (QED) is 0.555. The Morgan fingerprint density at radius 2 is 2.40 bits per heavy atom. The Bertz CT molecular complexity index is 260. The molecule has 1 aliphatic carbocycles. The van der Waals surface area contributed by atoms with Crippen molar-refractivity contribution >= 4 is 21.8 Å². The van der Waals surface area contributed by atoms with Gasteiger partial charge in [0.15, 0.2) is 0 Å². The maximum absolute atomic E-state index is 11.7. The van der Waals surface area contributed by atoms with Gasteiger partial charge in [0.25, 0.3) is 0 Å². The number of carbonyl (C=O) groups excluding carboxylic acids is 1. The fraction of sp³-hybridized carbons (Fsp3) is 0.583. The van der Waals surface area contributed by atoms with E-state index in [-0.39, 0.29) is 5.91 Å². The van der Waals surface area contributed by atoms with Crippen molar-refractivity contribution in [2.45, 2.75) is 32.1 Å². The maximum Gasteiger partial charge on any atom is 0.250 e. The van der Waals surface area contributed by atoms with E-state index in [0.717, 1.165) is 31.1 Å².